The van der Waals surface area contributed by atoms with Gasteiger partial charge in [-0.2, -0.15) is 0 Å². The number of amides is 3. The Bertz CT molecular complexity index is 1010. The molecule has 1 fully saturated rings. The first-order valence-corrected chi connectivity index (χ1v) is 11.7. The maximum Gasteiger partial charge on any atom is 0.322 e. The number of carbonyl (C=O) groups is 2. The molecule has 3 atom stereocenters. The van der Waals surface area contributed by atoms with Gasteiger partial charge < -0.3 is 25.2 Å². The van der Waals surface area contributed by atoms with E-state index in [4.69, 9.17) is 16.3 Å². The lowest BCUT2D eigenvalue weighted by Crippen LogP contribution is -2.45. The second-order valence-electron chi connectivity index (χ2n) is 9.01. The summed E-state index contributed by atoms with van der Waals surface area (Å²) >= 11 is 5.93. The van der Waals surface area contributed by atoms with Gasteiger partial charge in [0.1, 0.15) is 6.04 Å². The molecule has 0 aliphatic carbocycles. The summed E-state index contributed by atoms with van der Waals surface area (Å²) in [4.78, 5) is 30.1. The van der Waals surface area contributed by atoms with Gasteiger partial charge in [-0.1, -0.05) is 24.6 Å². The van der Waals surface area contributed by atoms with E-state index in [1.165, 1.54) is 11.1 Å². The van der Waals surface area contributed by atoms with Crippen LogP contribution in [0, 0.1) is 0 Å². The molecule has 33 heavy (non-hydrogen) atoms. The van der Waals surface area contributed by atoms with E-state index >= 15 is 0 Å². The van der Waals surface area contributed by atoms with E-state index in [0.717, 1.165) is 25.2 Å². The number of hydrogen-bond donors (Lipinski definition) is 2. The van der Waals surface area contributed by atoms with Gasteiger partial charge in [0.15, 0.2) is 0 Å². The van der Waals surface area contributed by atoms with Crippen LogP contribution in [0.4, 0.5) is 16.2 Å². The largest absolute Gasteiger partial charge is 0.380 e. The Hall–Kier alpha value is -2.61. The molecule has 3 amide bonds. The fraction of sp³-hybridized carbons (Fsp3) is 0.440. The maximum atomic E-state index is 13.2. The Balaban J connectivity index is 1.48. The second kappa shape index (κ2) is 10.1. The van der Waals surface area contributed by atoms with E-state index in [-0.39, 0.29) is 18.0 Å². The number of fused-ring (bicyclic) bond motifs is 1. The van der Waals surface area contributed by atoms with E-state index < -0.39 is 6.04 Å². The number of anilines is 2. The molecule has 2 aliphatic heterocycles. The van der Waals surface area contributed by atoms with Gasteiger partial charge in [-0.25, -0.2) is 4.79 Å². The maximum absolute atomic E-state index is 13.2. The zero-order chi connectivity index (χ0) is 23.5. The highest BCUT2D eigenvalue weighted by molar-refractivity contribution is 6.30. The van der Waals surface area contributed by atoms with Crippen LogP contribution in [0.1, 0.15) is 30.4 Å². The fourth-order valence-electron chi connectivity index (χ4n) is 4.72. The standard InChI is InChI=1S/C25H31ClN4O3/c1-16-14-29(2)11-10-17-4-7-20(12-22(16)17)27-24(31)23-13-21(33-3)15-30(23)25(32)28-19-8-5-18(26)6-9-19/h4-9,12,16,21,23H,10-11,13-15H2,1-3H3,(H,27,31)(H,28,32)/t16-,21+,23+/m0/s1. The number of ether oxygens (including phenoxy) is 1. The molecule has 2 heterocycles. The van der Waals surface area contributed by atoms with Gasteiger partial charge in [0, 0.05) is 49.6 Å². The summed E-state index contributed by atoms with van der Waals surface area (Å²) < 4.78 is 5.48. The number of methoxy groups -OCH3 is 1. The van der Waals surface area contributed by atoms with Crippen molar-refractivity contribution < 1.29 is 14.3 Å². The third-order valence-corrected chi connectivity index (χ3v) is 6.80. The molecule has 0 radical (unpaired) electrons. The monoisotopic (exact) mass is 470 g/mol. The lowest BCUT2D eigenvalue weighted by molar-refractivity contribution is -0.119. The number of likely N-dealkylation sites (tertiary alicyclic amines) is 1. The quantitative estimate of drug-likeness (QED) is 0.702. The lowest BCUT2D eigenvalue weighted by atomic mass is 9.94. The smallest absolute Gasteiger partial charge is 0.322 e. The number of rotatable bonds is 4. The molecule has 7 nitrogen and oxygen atoms in total. The first-order chi connectivity index (χ1) is 15.8. The third kappa shape index (κ3) is 5.49. The molecule has 176 valence electrons. The molecule has 2 aromatic rings. The van der Waals surface area contributed by atoms with Crippen molar-refractivity contribution in [1.29, 1.82) is 0 Å². The average molecular weight is 471 g/mol. The molecule has 2 aromatic carbocycles. The van der Waals surface area contributed by atoms with Gasteiger partial charge in [0.05, 0.1) is 6.10 Å². The second-order valence-corrected chi connectivity index (χ2v) is 9.45. The van der Waals surface area contributed by atoms with Crippen LogP contribution in [-0.2, 0) is 16.0 Å². The van der Waals surface area contributed by atoms with Crippen molar-refractivity contribution in [2.75, 3.05) is 44.4 Å². The van der Waals surface area contributed by atoms with Crippen molar-refractivity contribution in [2.24, 2.45) is 0 Å². The Kier molecular flexibility index (Phi) is 7.22. The molecular formula is C25H31ClN4O3. The van der Waals surface area contributed by atoms with Gasteiger partial charge in [-0.05, 0) is 66.9 Å². The van der Waals surface area contributed by atoms with E-state index in [2.05, 4.69) is 41.6 Å². The van der Waals surface area contributed by atoms with Gasteiger partial charge in [0.2, 0.25) is 5.91 Å². The predicted molar refractivity (Wildman–Crippen MR) is 131 cm³/mol. The molecule has 8 heteroatoms. The number of hydrogen-bond acceptors (Lipinski definition) is 4. The van der Waals surface area contributed by atoms with Gasteiger partial charge in [-0.3, -0.25) is 4.79 Å². The Labute approximate surface area is 200 Å². The molecule has 0 bridgehead atoms. The molecule has 4 rings (SSSR count). The van der Waals surface area contributed by atoms with Crippen molar-refractivity contribution in [3.05, 3.63) is 58.6 Å². The summed E-state index contributed by atoms with van der Waals surface area (Å²) in [5, 5.41) is 6.48. The number of urea groups is 1. The summed E-state index contributed by atoms with van der Waals surface area (Å²) in [7, 11) is 3.74. The molecular weight excluding hydrogens is 440 g/mol. The summed E-state index contributed by atoms with van der Waals surface area (Å²) in [6, 6.07) is 12.1. The normalized spacial score (nSPS) is 23.0. The molecule has 0 aromatic heterocycles. The minimum atomic E-state index is -0.621. The Morgan fingerprint density at radius 2 is 1.79 bits per heavy atom. The number of nitrogens with one attached hydrogen (secondary N) is 2. The van der Waals surface area contributed by atoms with Crippen LogP contribution in [0.2, 0.25) is 5.02 Å². The van der Waals surface area contributed by atoms with Crippen molar-refractivity contribution in [1.82, 2.24) is 9.80 Å². The highest BCUT2D eigenvalue weighted by Gasteiger charge is 2.40. The lowest BCUT2D eigenvalue weighted by Gasteiger charge is -2.24. The van der Waals surface area contributed by atoms with Crippen molar-refractivity contribution in [2.45, 2.75) is 37.8 Å². The Morgan fingerprint density at radius 3 is 2.52 bits per heavy atom. The van der Waals surface area contributed by atoms with Crippen LogP contribution in [0.25, 0.3) is 0 Å². The highest BCUT2D eigenvalue weighted by Crippen LogP contribution is 2.29. The van der Waals surface area contributed by atoms with Gasteiger partial charge in [0.25, 0.3) is 0 Å². The molecule has 0 spiro atoms. The topological polar surface area (TPSA) is 73.9 Å². The first-order valence-electron chi connectivity index (χ1n) is 11.3. The number of carbonyl (C=O) groups excluding carboxylic acids is 2. The zero-order valence-electron chi connectivity index (χ0n) is 19.3. The Morgan fingerprint density at radius 1 is 1.06 bits per heavy atom. The zero-order valence-corrected chi connectivity index (χ0v) is 20.1. The van der Waals surface area contributed by atoms with Crippen LogP contribution >= 0.6 is 11.6 Å². The number of likely N-dealkylation sites (N-methyl/N-ethyl adjacent to an activating group) is 1. The van der Waals surface area contributed by atoms with Gasteiger partial charge >= 0.3 is 6.03 Å². The molecule has 0 unspecified atom stereocenters. The minimum Gasteiger partial charge on any atom is -0.380 e. The molecule has 2 N–H and O–H groups in total. The predicted octanol–water partition coefficient (Wildman–Crippen LogP) is 4.19. The van der Waals surface area contributed by atoms with Crippen LogP contribution in [0.15, 0.2) is 42.5 Å². The minimum absolute atomic E-state index is 0.195. The highest BCUT2D eigenvalue weighted by atomic mass is 35.5. The van der Waals surface area contributed by atoms with Crippen LogP contribution in [-0.4, -0.2) is 67.7 Å². The van der Waals surface area contributed by atoms with Crippen molar-refractivity contribution in [3.8, 4) is 0 Å². The fourth-order valence-corrected chi connectivity index (χ4v) is 4.85. The average Bonchev–Trinajstić information content (AvgIpc) is 3.19. The number of benzene rings is 2. The van der Waals surface area contributed by atoms with E-state index in [1.807, 2.05) is 6.07 Å². The summed E-state index contributed by atoms with van der Waals surface area (Å²) in [5.41, 5.74) is 3.98. The molecule has 2 aliphatic rings. The summed E-state index contributed by atoms with van der Waals surface area (Å²) in [5.74, 6) is 0.175. The molecule has 0 saturated carbocycles. The van der Waals surface area contributed by atoms with Crippen LogP contribution < -0.4 is 10.6 Å². The summed E-state index contributed by atoms with van der Waals surface area (Å²) in [6.45, 7) is 4.58. The SMILES string of the molecule is CO[C@@H]1C[C@H](C(=O)Nc2ccc3c(c2)[C@@H](C)CN(C)CC3)N(C(=O)Nc2ccc(Cl)cc2)C1. The van der Waals surface area contributed by atoms with E-state index in [1.54, 1.807) is 36.3 Å². The van der Waals surface area contributed by atoms with Crippen molar-refractivity contribution in [3.63, 3.8) is 0 Å². The van der Waals surface area contributed by atoms with Gasteiger partial charge in [-0.15, -0.1) is 0 Å². The van der Waals surface area contributed by atoms with Crippen molar-refractivity contribution >= 4 is 34.9 Å². The third-order valence-electron chi connectivity index (χ3n) is 6.55. The summed E-state index contributed by atoms with van der Waals surface area (Å²) in [6.07, 6.45) is 1.25. The van der Waals surface area contributed by atoms with Crippen LogP contribution in [0.5, 0.6) is 0 Å². The first kappa shape index (κ1) is 23.5. The van der Waals surface area contributed by atoms with E-state index in [0.29, 0.717) is 29.6 Å². The van der Waals surface area contributed by atoms with Crippen LogP contribution in [0.3, 0.4) is 0 Å². The van der Waals surface area contributed by atoms with E-state index in [9.17, 15) is 9.59 Å². The number of halogens is 1. The molecule has 1 saturated heterocycles. The number of nitrogens with zero attached hydrogens (tertiary/aromatic N) is 2.